The fourth-order valence-corrected chi connectivity index (χ4v) is 1.74. The topological polar surface area (TPSA) is 78.0 Å². The van der Waals surface area contributed by atoms with Crippen molar-refractivity contribution in [3.05, 3.63) is 53.3 Å². The molecule has 0 fully saturated rings. The first kappa shape index (κ1) is 12.3. The molecule has 5 nitrogen and oxygen atoms in total. The van der Waals surface area contributed by atoms with Crippen LogP contribution in [0, 0.1) is 6.92 Å². The van der Waals surface area contributed by atoms with Crippen LogP contribution in [0.3, 0.4) is 0 Å². The van der Waals surface area contributed by atoms with Crippen molar-refractivity contribution in [1.29, 1.82) is 0 Å². The van der Waals surface area contributed by atoms with Gasteiger partial charge in [0.2, 0.25) is 0 Å². The Bertz CT molecular complexity index is 522. The SMILES string of the molecule is Cc1[nH]ncc1C(=O)NC(CO)c1ccccc1. The number of benzene rings is 1. The number of rotatable bonds is 4. The van der Waals surface area contributed by atoms with Crippen LogP contribution < -0.4 is 5.32 Å². The molecular weight excluding hydrogens is 230 g/mol. The van der Waals surface area contributed by atoms with E-state index in [4.69, 9.17) is 0 Å². The number of aromatic nitrogens is 2. The number of hydrogen-bond donors (Lipinski definition) is 3. The lowest BCUT2D eigenvalue weighted by Crippen LogP contribution is -2.30. The van der Waals surface area contributed by atoms with E-state index in [-0.39, 0.29) is 12.5 Å². The Labute approximate surface area is 105 Å². The zero-order chi connectivity index (χ0) is 13.0. The van der Waals surface area contributed by atoms with Gasteiger partial charge in [0, 0.05) is 5.69 Å². The van der Waals surface area contributed by atoms with Crippen molar-refractivity contribution in [3.8, 4) is 0 Å². The molecule has 0 saturated carbocycles. The van der Waals surface area contributed by atoms with Crippen LogP contribution in [-0.4, -0.2) is 27.8 Å². The summed E-state index contributed by atoms with van der Waals surface area (Å²) >= 11 is 0. The third-order valence-corrected chi connectivity index (χ3v) is 2.76. The Morgan fingerprint density at radius 2 is 2.17 bits per heavy atom. The molecule has 0 spiro atoms. The van der Waals surface area contributed by atoms with Gasteiger partial charge in [-0.2, -0.15) is 5.10 Å². The maximum atomic E-state index is 12.0. The molecule has 2 aromatic rings. The van der Waals surface area contributed by atoms with E-state index in [9.17, 15) is 9.90 Å². The number of aliphatic hydroxyl groups excluding tert-OH is 1. The van der Waals surface area contributed by atoms with Gasteiger partial charge in [0.05, 0.1) is 24.4 Å². The number of hydrogen-bond acceptors (Lipinski definition) is 3. The first-order valence-electron chi connectivity index (χ1n) is 5.69. The second-order valence-electron chi connectivity index (χ2n) is 4.03. The lowest BCUT2D eigenvalue weighted by molar-refractivity contribution is 0.0915. The summed E-state index contributed by atoms with van der Waals surface area (Å²) in [5.74, 6) is -0.246. The average molecular weight is 245 g/mol. The number of carbonyl (C=O) groups is 1. The molecule has 3 N–H and O–H groups in total. The van der Waals surface area contributed by atoms with Gasteiger partial charge in [-0.1, -0.05) is 30.3 Å². The minimum absolute atomic E-state index is 0.146. The van der Waals surface area contributed by atoms with E-state index in [0.717, 1.165) is 5.56 Å². The number of H-pyrrole nitrogens is 1. The molecule has 18 heavy (non-hydrogen) atoms. The average Bonchev–Trinajstić information content (AvgIpc) is 2.83. The van der Waals surface area contributed by atoms with E-state index < -0.39 is 6.04 Å². The summed E-state index contributed by atoms with van der Waals surface area (Å²) in [5.41, 5.74) is 2.07. The summed E-state index contributed by atoms with van der Waals surface area (Å²) in [7, 11) is 0. The number of aromatic amines is 1. The van der Waals surface area contributed by atoms with Crippen LogP contribution in [0.5, 0.6) is 0 Å². The van der Waals surface area contributed by atoms with E-state index in [2.05, 4.69) is 15.5 Å². The molecule has 0 aliphatic heterocycles. The molecule has 1 heterocycles. The van der Waals surface area contributed by atoms with Crippen LogP contribution >= 0.6 is 0 Å². The normalized spacial score (nSPS) is 12.1. The van der Waals surface area contributed by atoms with Crippen LogP contribution in [0.1, 0.15) is 27.7 Å². The van der Waals surface area contributed by atoms with E-state index >= 15 is 0 Å². The van der Waals surface area contributed by atoms with Crippen LogP contribution in [0.25, 0.3) is 0 Å². The van der Waals surface area contributed by atoms with Gasteiger partial charge >= 0.3 is 0 Å². The molecular formula is C13H15N3O2. The molecule has 1 amide bonds. The molecule has 1 unspecified atom stereocenters. The van der Waals surface area contributed by atoms with Crippen molar-refractivity contribution in [2.24, 2.45) is 0 Å². The van der Waals surface area contributed by atoms with Gasteiger partial charge in [-0.3, -0.25) is 9.89 Å². The van der Waals surface area contributed by atoms with Gasteiger partial charge in [-0.15, -0.1) is 0 Å². The van der Waals surface area contributed by atoms with Gasteiger partial charge in [0.1, 0.15) is 0 Å². The lowest BCUT2D eigenvalue weighted by Gasteiger charge is -2.16. The number of amides is 1. The van der Waals surface area contributed by atoms with Crippen molar-refractivity contribution < 1.29 is 9.90 Å². The molecule has 94 valence electrons. The minimum atomic E-state index is -0.409. The van der Waals surface area contributed by atoms with E-state index in [1.165, 1.54) is 6.20 Å². The van der Waals surface area contributed by atoms with Gasteiger partial charge in [-0.05, 0) is 12.5 Å². The number of aryl methyl sites for hydroxylation is 1. The molecule has 0 saturated heterocycles. The van der Waals surface area contributed by atoms with Gasteiger partial charge in [0.25, 0.3) is 5.91 Å². The molecule has 0 radical (unpaired) electrons. The molecule has 1 atom stereocenters. The first-order valence-corrected chi connectivity index (χ1v) is 5.69. The molecule has 0 aliphatic rings. The largest absolute Gasteiger partial charge is 0.394 e. The summed E-state index contributed by atoms with van der Waals surface area (Å²) in [6, 6.07) is 8.95. The zero-order valence-corrected chi connectivity index (χ0v) is 10.1. The fraction of sp³-hybridized carbons (Fsp3) is 0.231. The van der Waals surface area contributed by atoms with Crippen molar-refractivity contribution in [2.75, 3.05) is 6.61 Å². The highest BCUT2D eigenvalue weighted by molar-refractivity contribution is 5.95. The maximum absolute atomic E-state index is 12.0. The molecule has 5 heteroatoms. The first-order chi connectivity index (χ1) is 8.72. The van der Waals surface area contributed by atoms with Gasteiger partial charge in [0.15, 0.2) is 0 Å². The van der Waals surface area contributed by atoms with E-state index in [0.29, 0.717) is 11.3 Å². The quantitative estimate of drug-likeness (QED) is 0.757. The Morgan fingerprint density at radius 1 is 1.44 bits per heavy atom. The molecule has 0 bridgehead atoms. The highest BCUT2D eigenvalue weighted by Gasteiger charge is 2.16. The molecule has 0 aliphatic carbocycles. The van der Waals surface area contributed by atoms with Crippen molar-refractivity contribution in [1.82, 2.24) is 15.5 Å². The Hall–Kier alpha value is -2.14. The Kier molecular flexibility index (Phi) is 3.74. The second kappa shape index (κ2) is 5.46. The number of carbonyl (C=O) groups excluding carboxylic acids is 1. The Morgan fingerprint density at radius 3 is 2.72 bits per heavy atom. The van der Waals surface area contributed by atoms with E-state index in [1.807, 2.05) is 30.3 Å². The summed E-state index contributed by atoms with van der Waals surface area (Å²) in [6.45, 7) is 1.63. The summed E-state index contributed by atoms with van der Waals surface area (Å²) in [6.07, 6.45) is 1.48. The van der Waals surface area contributed by atoms with Crippen molar-refractivity contribution in [3.63, 3.8) is 0 Å². The summed E-state index contributed by atoms with van der Waals surface area (Å²) in [4.78, 5) is 12.0. The molecule has 2 rings (SSSR count). The van der Waals surface area contributed by atoms with Gasteiger partial charge < -0.3 is 10.4 Å². The third-order valence-electron chi connectivity index (χ3n) is 2.76. The van der Waals surface area contributed by atoms with E-state index in [1.54, 1.807) is 6.92 Å². The fourth-order valence-electron chi connectivity index (χ4n) is 1.74. The number of nitrogens with zero attached hydrogens (tertiary/aromatic N) is 1. The highest BCUT2D eigenvalue weighted by atomic mass is 16.3. The third kappa shape index (κ3) is 2.57. The van der Waals surface area contributed by atoms with Crippen molar-refractivity contribution in [2.45, 2.75) is 13.0 Å². The predicted molar refractivity (Wildman–Crippen MR) is 67.1 cm³/mol. The lowest BCUT2D eigenvalue weighted by atomic mass is 10.1. The Balaban J connectivity index is 2.13. The number of aliphatic hydroxyl groups is 1. The monoisotopic (exact) mass is 245 g/mol. The standard InChI is InChI=1S/C13H15N3O2/c1-9-11(7-14-16-9)13(18)15-12(8-17)10-5-3-2-4-6-10/h2-7,12,17H,8H2,1H3,(H,14,16)(H,15,18). The van der Waals surface area contributed by atoms with Crippen LogP contribution in [0.15, 0.2) is 36.5 Å². The number of nitrogens with one attached hydrogen (secondary N) is 2. The smallest absolute Gasteiger partial charge is 0.255 e. The second-order valence-corrected chi connectivity index (χ2v) is 4.03. The van der Waals surface area contributed by atoms with Crippen molar-refractivity contribution >= 4 is 5.91 Å². The highest BCUT2D eigenvalue weighted by Crippen LogP contribution is 2.13. The maximum Gasteiger partial charge on any atom is 0.255 e. The molecule has 1 aromatic heterocycles. The summed E-state index contributed by atoms with van der Waals surface area (Å²) in [5, 5.41) is 18.6. The zero-order valence-electron chi connectivity index (χ0n) is 10.1. The minimum Gasteiger partial charge on any atom is -0.394 e. The van der Waals surface area contributed by atoms with Crippen LogP contribution in [0.2, 0.25) is 0 Å². The van der Waals surface area contributed by atoms with Crippen LogP contribution in [0.4, 0.5) is 0 Å². The van der Waals surface area contributed by atoms with Crippen LogP contribution in [-0.2, 0) is 0 Å². The summed E-state index contributed by atoms with van der Waals surface area (Å²) < 4.78 is 0. The predicted octanol–water partition coefficient (Wildman–Crippen LogP) is 1.18. The van der Waals surface area contributed by atoms with Gasteiger partial charge in [-0.25, -0.2) is 0 Å². The molecule has 1 aromatic carbocycles.